The lowest BCUT2D eigenvalue weighted by Gasteiger charge is -2.23. The van der Waals surface area contributed by atoms with Crippen LogP contribution in [0.3, 0.4) is 0 Å². The lowest BCUT2D eigenvalue weighted by molar-refractivity contribution is -0.122. The number of carbonyl (C=O) groups is 6. The van der Waals surface area contributed by atoms with Crippen LogP contribution in [0, 0.1) is 12.8 Å². The highest BCUT2D eigenvalue weighted by molar-refractivity contribution is 7.15. The number of pyridine rings is 1. The predicted octanol–water partition coefficient (Wildman–Crippen LogP) is 6.05. The molecule has 8 N–H and O–H groups in total. The summed E-state index contributed by atoms with van der Waals surface area (Å²) in [5, 5.41) is 46.8. The van der Waals surface area contributed by atoms with Gasteiger partial charge in [-0.25, -0.2) is 34.9 Å². The van der Waals surface area contributed by atoms with Crippen molar-refractivity contribution in [3.63, 3.8) is 0 Å². The summed E-state index contributed by atoms with van der Waals surface area (Å²) in [4.78, 5) is 117. The van der Waals surface area contributed by atoms with Crippen molar-refractivity contribution in [3.05, 3.63) is 117 Å². The number of nitrogens with one attached hydrogen (secondary N) is 6. The lowest BCUT2D eigenvalue weighted by Crippen LogP contribution is -2.40. The molecule has 8 aromatic rings. The molecule has 0 saturated heterocycles. The number of aryl methyl sites for hydroxylation is 1. The summed E-state index contributed by atoms with van der Waals surface area (Å²) in [6, 6.07) is 9.47. The molecular formula is C52H53N13O10S6. The maximum absolute atomic E-state index is 14.3. The van der Waals surface area contributed by atoms with E-state index in [4.69, 9.17) is 34.5 Å². The van der Waals surface area contributed by atoms with E-state index in [9.17, 15) is 33.9 Å². The van der Waals surface area contributed by atoms with Gasteiger partial charge in [-0.05, 0) is 30.5 Å². The number of aromatic nitrogens is 7. The van der Waals surface area contributed by atoms with Gasteiger partial charge in [-0.1, -0.05) is 44.2 Å². The molecule has 1 aromatic carbocycles. The molecule has 8 heterocycles. The zero-order chi connectivity index (χ0) is 57.3. The van der Waals surface area contributed by atoms with Crippen LogP contribution in [-0.2, 0) is 25.7 Å². The van der Waals surface area contributed by atoms with E-state index in [-0.39, 0.29) is 68.1 Å². The van der Waals surface area contributed by atoms with E-state index in [2.05, 4.69) is 46.9 Å². The van der Waals surface area contributed by atoms with E-state index in [1.54, 1.807) is 70.9 Å². The third kappa shape index (κ3) is 13.8. The molecule has 422 valence electrons. The van der Waals surface area contributed by atoms with Crippen molar-refractivity contribution in [1.29, 1.82) is 0 Å². The van der Waals surface area contributed by atoms with Crippen LogP contribution in [0.1, 0.15) is 117 Å². The average Bonchev–Trinajstić information content (AvgIpc) is 4.43. The molecule has 9 rings (SSSR count). The largest absolute Gasteiger partial charge is 0.394 e. The first-order chi connectivity index (χ1) is 39.1. The van der Waals surface area contributed by atoms with Gasteiger partial charge >= 0.3 is 0 Å². The van der Waals surface area contributed by atoms with Crippen molar-refractivity contribution in [2.24, 2.45) is 5.92 Å². The molecule has 81 heavy (non-hydrogen) atoms. The molecule has 0 aliphatic carbocycles. The number of hydrogen-bond acceptors (Lipinski definition) is 23. The summed E-state index contributed by atoms with van der Waals surface area (Å²) >= 11 is 7.14. The predicted molar refractivity (Wildman–Crippen MR) is 307 cm³/mol. The first-order valence-corrected chi connectivity index (χ1v) is 30.2. The number of hydrogen-bond donors (Lipinski definition) is 8. The number of aliphatic hydroxyl groups excluding tert-OH is 2. The summed E-state index contributed by atoms with van der Waals surface area (Å²) in [5.41, 5.74) is 2.84. The SMILES string of the molecule is CNC(=O)CC1NC(=O)c2csc(n2)-c2ccc(-c3nc(C(=O)NCCOCCO)cs3)nc2-c2csc(n2)-c2csc(n2)C(C(O)c2ccccc2)NC(=O)CNC(=O)c2nc(sc2COC)C(C(C)C)NC(=O)c2nc1sc2C. The number of ether oxygens (including phenoxy) is 2. The Balaban J connectivity index is 1.12. The van der Waals surface area contributed by atoms with Crippen LogP contribution >= 0.6 is 68.0 Å². The fraction of sp³-hybridized carbons (Fsp3) is 0.327. The molecular weight excluding hydrogens is 1160 g/mol. The number of amides is 6. The molecule has 0 fully saturated rings. The van der Waals surface area contributed by atoms with Crippen molar-refractivity contribution < 1.29 is 48.5 Å². The normalized spacial score (nSPS) is 16.5. The minimum Gasteiger partial charge on any atom is -0.394 e. The van der Waals surface area contributed by atoms with Crippen LogP contribution in [0.4, 0.5) is 0 Å². The minimum atomic E-state index is -1.27. The Morgan fingerprint density at radius 2 is 1.44 bits per heavy atom. The Bertz CT molecular complexity index is 3570. The smallest absolute Gasteiger partial charge is 0.271 e. The van der Waals surface area contributed by atoms with Gasteiger partial charge < -0.3 is 51.6 Å². The highest BCUT2D eigenvalue weighted by Crippen LogP contribution is 2.40. The molecule has 7 aromatic heterocycles. The van der Waals surface area contributed by atoms with E-state index in [0.29, 0.717) is 73.7 Å². The zero-order valence-electron chi connectivity index (χ0n) is 43.9. The molecule has 4 atom stereocenters. The molecule has 29 heteroatoms. The fourth-order valence-electron chi connectivity index (χ4n) is 8.18. The molecule has 23 nitrogen and oxygen atoms in total. The van der Waals surface area contributed by atoms with Gasteiger partial charge in [0.15, 0.2) is 0 Å². The van der Waals surface area contributed by atoms with Crippen molar-refractivity contribution in [2.45, 2.75) is 58.0 Å². The van der Waals surface area contributed by atoms with Gasteiger partial charge in [0.1, 0.15) is 82.0 Å². The van der Waals surface area contributed by atoms with E-state index >= 15 is 0 Å². The third-order valence-electron chi connectivity index (χ3n) is 12.2. The standard InChI is InChI=1S/C52H53N13O10S6/c1-24(2)37-52-65-40(34(81-52)19-74-5)45(72)55-18-36(68)62-41(42(69)26-9-7-6-8-10-26)51-61-33(23-79-51)49-58-30(20-77-49)39-27(11-12-28(56-39)48-60-31(21-78-48)43(70)54-13-15-75-16-14-66)47-59-32(22-76-47)44(71)57-29(17-35(67)53-4)50-64-38(25(3)80-50)46(73)63-37/h6-12,20-24,29,37,41-42,66,69H,13-19H2,1-5H3,(H,53,67)(H,54,70)(H,55,72)(H,57,71)(H,62,68)(H,63,73). The molecule has 6 amide bonds. The van der Waals surface area contributed by atoms with Crippen LogP contribution in [0.5, 0.6) is 0 Å². The summed E-state index contributed by atoms with van der Waals surface area (Å²) in [7, 11) is 2.94. The maximum atomic E-state index is 14.3. The van der Waals surface area contributed by atoms with Crippen molar-refractivity contribution in [1.82, 2.24) is 66.8 Å². The highest BCUT2D eigenvalue weighted by Gasteiger charge is 2.33. The first-order valence-electron chi connectivity index (χ1n) is 25.0. The van der Waals surface area contributed by atoms with Crippen molar-refractivity contribution >= 4 is 103 Å². The zero-order valence-corrected chi connectivity index (χ0v) is 48.8. The number of fused-ring (bicyclic) bond motifs is 14. The number of rotatable bonds is 14. The molecule has 0 radical (unpaired) electrons. The van der Waals surface area contributed by atoms with E-state index in [1.165, 1.54) is 70.8 Å². The Morgan fingerprint density at radius 3 is 2.21 bits per heavy atom. The summed E-state index contributed by atoms with van der Waals surface area (Å²) in [6.07, 6.45) is -1.49. The second-order valence-electron chi connectivity index (χ2n) is 18.3. The van der Waals surface area contributed by atoms with Gasteiger partial charge in [0.25, 0.3) is 23.6 Å². The highest BCUT2D eigenvalue weighted by atomic mass is 32.1. The number of nitrogens with zero attached hydrogens (tertiary/aromatic N) is 7. The fourth-order valence-corrected chi connectivity index (χ4v) is 13.7. The Morgan fingerprint density at radius 1 is 0.716 bits per heavy atom. The Kier molecular flexibility index (Phi) is 19.2. The molecule has 10 bridgehead atoms. The second-order valence-corrected chi connectivity index (χ2v) is 24.1. The number of thiazole rings is 6. The van der Waals surface area contributed by atoms with Gasteiger partial charge in [0.05, 0.1) is 62.0 Å². The van der Waals surface area contributed by atoms with Gasteiger partial charge in [-0.2, -0.15) is 0 Å². The number of methoxy groups -OCH3 is 1. The second kappa shape index (κ2) is 26.6. The van der Waals surface area contributed by atoms with Crippen LogP contribution < -0.4 is 31.9 Å². The maximum Gasteiger partial charge on any atom is 0.271 e. The van der Waals surface area contributed by atoms with Crippen LogP contribution in [-0.4, -0.2) is 128 Å². The van der Waals surface area contributed by atoms with Crippen LogP contribution in [0.2, 0.25) is 0 Å². The van der Waals surface area contributed by atoms with E-state index in [1.807, 2.05) is 13.8 Å². The van der Waals surface area contributed by atoms with E-state index < -0.39 is 66.2 Å². The quantitative estimate of drug-likeness (QED) is 0.0574. The summed E-state index contributed by atoms with van der Waals surface area (Å²) < 4.78 is 10.7. The average molecular weight is 1210 g/mol. The molecule has 1 aliphatic rings. The van der Waals surface area contributed by atoms with Crippen molar-refractivity contribution in [2.75, 3.05) is 47.1 Å². The molecule has 0 saturated carbocycles. The lowest BCUT2D eigenvalue weighted by atomic mass is 10.0. The number of aliphatic hydroxyl groups is 2. The monoisotopic (exact) mass is 1210 g/mol. The molecule has 4 unspecified atom stereocenters. The molecule has 1 aliphatic heterocycles. The number of benzene rings is 1. The minimum absolute atomic E-state index is 0.00144. The third-order valence-corrected chi connectivity index (χ3v) is 18.0. The van der Waals surface area contributed by atoms with Gasteiger partial charge in [0, 0.05) is 52.7 Å². The van der Waals surface area contributed by atoms with Crippen LogP contribution in [0.15, 0.2) is 64.0 Å². The van der Waals surface area contributed by atoms with Gasteiger partial charge in [-0.15, -0.1) is 68.0 Å². The number of carbonyl (C=O) groups excluding carboxylic acids is 6. The van der Waals surface area contributed by atoms with Gasteiger partial charge in [0.2, 0.25) is 11.8 Å². The summed E-state index contributed by atoms with van der Waals surface area (Å²) in [5.74, 6) is -3.55. The topological polar surface area (TPSA) is 324 Å². The van der Waals surface area contributed by atoms with E-state index in [0.717, 1.165) is 11.3 Å². The van der Waals surface area contributed by atoms with Crippen LogP contribution in [0.25, 0.3) is 43.4 Å². The Labute approximate surface area is 487 Å². The Hall–Kier alpha value is -7.19. The van der Waals surface area contributed by atoms with Crippen molar-refractivity contribution in [3.8, 4) is 43.4 Å². The molecule has 0 spiro atoms. The summed E-state index contributed by atoms with van der Waals surface area (Å²) in [6.45, 7) is 5.38. The first kappa shape index (κ1) is 58.5. The van der Waals surface area contributed by atoms with Gasteiger partial charge in [-0.3, -0.25) is 28.8 Å².